The minimum atomic E-state index is -0.597. The SMILES string of the molecule is CCC(Sc1cccc(NC(=S)Nc2ccc(C(C)=O)cc2)c1)C(=O)Nc1ccccc1C(N)=O. The minimum Gasteiger partial charge on any atom is -0.366 e. The molecule has 1 unspecified atom stereocenters. The van der Waals surface area contributed by atoms with Crippen LogP contribution in [0, 0.1) is 0 Å². The van der Waals surface area contributed by atoms with Crippen molar-refractivity contribution in [2.75, 3.05) is 16.0 Å². The van der Waals surface area contributed by atoms with Crippen molar-refractivity contribution in [2.45, 2.75) is 30.4 Å². The summed E-state index contributed by atoms with van der Waals surface area (Å²) in [5.41, 5.74) is 8.24. The molecule has 0 saturated heterocycles. The molecule has 9 heteroatoms. The molecule has 3 aromatic rings. The maximum atomic E-state index is 12.9. The molecule has 0 spiro atoms. The lowest BCUT2D eigenvalue weighted by Gasteiger charge is -2.17. The Morgan fingerprint density at radius 3 is 2.26 bits per heavy atom. The summed E-state index contributed by atoms with van der Waals surface area (Å²) in [6, 6.07) is 21.3. The Labute approximate surface area is 213 Å². The van der Waals surface area contributed by atoms with E-state index >= 15 is 0 Å². The Hall–Kier alpha value is -3.69. The summed E-state index contributed by atoms with van der Waals surface area (Å²) in [5, 5.41) is 9.06. The number of nitrogens with two attached hydrogens (primary N) is 1. The third-order valence-corrected chi connectivity index (χ3v) is 6.60. The zero-order valence-corrected chi connectivity index (χ0v) is 21.0. The van der Waals surface area contributed by atoms with Crippen molar-refractivity contribution in [1.29, 1.82) is 0 Å². The van der Waals surface area contributed by atoms with Gasteiger partial charge in [-0.25, -0.2) is 0 Å². The molecule has 35 heavy (non-hydrogen) atoms. The number of benzene rings is 3. The van der Waals surface area contributed by atoms with Gasteiger partial charge in [0.05, 0.1) is 16.5 Å². The molecule has 7 nitrogen and oxygen atoms in total. The number of thioether (sulfide) groups is 1. The fraction of sp³-hybridized carbons (Fsp3) is 0.154. The summed E-state index contributed by atoms with van der Waals surface area (Å²) >= 11 is 6.82. The molecule has 3 rings (SSSR count). The molecular formula is C26H26N4O3S2. The number of rotatable bonds is 9. The number of para-hydroxylation sites is 1. The van der Waals surface area contributed by atoms with Gasteiger partial charge in [-0.2, -0.15) is 0 Å². The lowest BCUT2D eigenvalue weighted by Crippen LogP contribution is -2.26. The first kappa shape index (κ1) is 25.9. The van der Waals surface area contributed by atoms with Gasteiger partial charge in [-0.05, 0) is 80.2 Å². The van der Waals surface area contributed by atoms with E-state index in [9.17, 15) is 14.4 Å². The van der Waals surface area contributed by atoms with Gasteiger partial charge < -0.3 is 21.7 Å². The highest BCUT2D eigenvalue weighted by molar-refractivity contribution is 8.00. The number of ketones is 1. The maximum Gasteiger partial charge on any atom is 0.250 e. The number of primary amides is 1. The quantitative estimate of drug-likeness (QED) is 0.177. The first-order valence-corrected chi connectivity index (χ1v) is 12.2. The largest absolute Gasteiger partial charge is 0.366 e. The van der Waals surface area contributed by atoms with E-state index in [0.29, 0.717) is 22.8 Å². The van der Waals surface area contributed by atoms with Crippen molar-refractivity contribution in [3.63, 3.8) is 0 Å². The lowest BCUT2D eigenvalue weighted by atomic mass is 10.1. The first-order valence-electron chi connectivity index (χ1n) is 10.9. The van der Waals surface area contributed by atoms with Crippen LogP contribution >= 0.6 is 24.0 Å². The molecule has 5 N–H and O–H groups in total. The molecule has 1 atom stereocenters. The summed E-state index contributed by atoms with van der Waals surface area (Å²) in [6.45, 7) is 3.45. The Bertz CT molecular complexity index is 1250. The van der Waals surface area contributed by atoms with Crippen LogP contribution < -0.4 is 21.7 Å². The highest BCUT2D eigenvalue weighted by atomic mass is 32.2. The number of carbonyl (C=O) groups excluding carboxylic acids is 3. The third-order valence-electron chi connectivity index (χ3n) is 5.03. The van der Waals surface area contributed by atoms with E-state index in [4.69, 9.17) is 18.0 Å². The van der Waals surface area contributed by atoms with Crippen molar-refractivity contribution in [3.8, 4) is 0 Å². The van der Waals surface area contributed by atoms with Crippen LogP contribution in [-0.4, -0.2) is 28.0 Å². The highest BCUT2D eigenvalue weighted by Crippen LogP contribution is 2.29. The number of hydrogen-bond acceptors (Lipinski definition) is 5. The highest BCUT2D eigenvalue weighted by Gasteiger charge is 2.20. The van der Waals surface area contributed by atoms with Crippen LogP contribution in [0.25, 0.3) is 0 Å². The van der Waals surface area contributed by atoms with Crippen molar-refractivity contribution < 1.29 is 14.4 Å². The average molecular weight is 507 g/mol. The van der Waals surface area contributed by atoms with Crippen molar-refractivity contribution in [3.05, 3.63) is 83.9 Å². The number of amides is 2. The molecule has 0 fully saturated rings. The topological polar surface area (TPSA) is 113 Å². The molecular weight excluding hydrogens is 480 g/mol. The number of Topliss-reactive ketones (excluding diaryl/α,β-unsaturated/α-hetero) is 1. The summed E-state index contributed by atoms with van der Waals surface area (Å²) in [7, 11) is 0. The van der Waals surface area contributed by atoms with Gasteiger partial charge >= 0.3 is 0 Å². The Balaban J connectivity index is 1.63. The number of carbonyl (C=O) groups is 3. The van der Waals surface area contributed by atoms with Gasteiger partial charge in [0.15, 0.2) is 10.9 Å². The number of thiocarbonyl (C=S) groups is 1. The molecule has 0 aliphatic heterocycles. The molecule has 0 radical (unpaired) electrons. The Morgan fingerprint density at radius 1 is 0.914 bits per heavy atom. The summed E-state index contributed by atoms with van der Waals surface area (Å²) in [4.78, 5) is 36.9. The third kappa shape index (κ3) is 7.40. The van der Waals surface area contributed by atoms with Crippen LogP contribution in [-0.2, 0) is 4.79 Å². The van der Waals surface area contributed by atoms with Crippen LogP contribution in [0.2, 0.25) is 0 Å². The molecule has 0 aliphatic carbocycles. The fourth-order valence-corrected chi connectivity index (χ4v) is 4.48. The molecule has 2 amide bonds. The van der Waals surface area contributed by atoms with Gasteiger partial charge in [0.2, 0.25) is 5.91 Å². The van der Waals surface area contributed by atoms with E-state index in [-0.39, 0.29) is 22.5 Å². The van der Waals surface area contributed by atoms with Gasteiger partial charge in [-0.15, -0.1) is 11.8 Å². The van der Waals surface area contributed by atoms with E-state index in [1.807, 2.05) is 31.2 Å². The predicted octanol–water partition coefficient (Wildman–Crippen LogP) is 5.31. The summed E-state index contributed by atoms with van der Waals surface area (Å²) in [6.07, 6.45) is 0.586. The summed E-state index contributed by atoms with van der Waals surface area (Å²) in [5.74, 6) is -0.807. The molecule has 3 aromatic carbocycles. The molecule has 0 aromatic heterocycles. The van der Waals surface area contributed by atoms with E-state index in [0.717, 1.165) is 16.3 Å². The second-order valence-electron chi connectivity index (χ2n) is 7.65. The summed E-state index contributed by atoms with van der Waals surface area (Å²) < 4.78 is 0. The molecule has 0 aliphatic rings. The van der Waals surface area contributed by atoms with Crippen LogP contribution in [0.3, 0.4) is 0 Å². The van der Waals surface area contributed by atoms with E-state index < -0.39 is 5.91 Å². The molecule has 0 heterocycles. The van der Waals surface area contributed by atoms with E-state index in [1.54, 1.807) is 48.5 Å². The minimum absolute atomic E-state index is 0.00251. The van der Waals surface area contributed by atoms with Crippen molar-refractivity contribution in [2.24, 2.45) is 5.73 Å². The Kier molecular flexibility index (Phi) is 8.99. The van der Waals surface area contributed by atoms with Crippen LogP contribution in [0.5, 0.6) is 0 Å². The zero-order chi connectivity index (χ0) is 25.4. The molecule has 0 bridgehead atoms. The van der Waals surface area contributed by atoms with Gasteiger partial charge in [-0.1, -0.05) is 25.1 Å². The van der Waals surface area contributed by atoms with Crippen LogP contribution in [0.15, 0.2) is 77.7 Å². The average Bonchev–Trinajstić information content (AvgIpc) is 2.83. The monoisotopic (exact) mass is 506 g/mol. The standard InChI is InChI=1S/C26H26N4O3S2/c1-3-23(25(33)30-22-10-5-4-9-21(22)24(27)32)35-20-8-6-7-19(15-20)29-26(34)28-18-13-11-17(12-14-18)16(2)31/h4-15,23H,3H2,1-2H3,(H2,27,32)(H,30,33)(H2,28,29,34). The van der Waals surface area contributed by atoms with Crippen molar-refractivity contribution >= 4 is 63.8 Å². The van der Waals surface area contributed by atoms with E-state index in [1.165, 1.54) is 18.7 Å². The fourth-order valence-electron chi connectivity index (χ4n) is 3.24. The normalized spacial score (nSPS) is 11.3. The van der Waals surface area contributed by atoms with Crippen molar-refractivity contribution in [1.82, 2.24) is 0 Å². The Morgan fingerprint density at radius 2 is 1.60 bits per heavy atom. The maximum absolute atomic E-state index is 12.9. The number of anilines is 3. The van der Waals surface area contributed by atoms with Crippen LogP contribution in [0.4, 0.5) is 17.1 Å². The van der Waals surface area contributed by atoms with Gasteiger partial charge in [0.25, 0.3) is 5.91 Å². The van der Waals surface area contributed by atoms with Gasteiger partial charge in [0.1, 0.15) is 0 Å². The second kappa shape index (κ2) is 12.1. The number of hydrogen-bond donors (Lipinski definition) is 4. The molecule has 180 valence electrons. The van der Waals surface area contributed by atoms with Gasteiger partial charge in [0, 0.05) is 21.8 Å². The second-order valence-corrected chi connectivity index (χ2v) is 9.34. The van der Waals surface area contributed by atoms with E-state index in [2.05, 4.69) is 16.0 Å². The molecule has 0 saturated carbocycles. The lowest BCUT2D eigenvalue weighted by molar-refractivity contribution is -0.115. The smallest absolute Gasteiger partial charge is 0.250 e. The predicted molar refractivity (Wildman–Crippen MR) is 146 cm³/mol. The van der Waals surface area contributed by atoms with Gasteiger partial charge in [-0.3, -0.25) is 14.4 Å². The number of nitrogens with one attached hydrogen (secondary N) is 3. The zero-order valence-electron chi connectivity index (χ0n) is 19.3. The van der Waals surface area contributed by atoms with Crippen LogP contribution in [0.1, 0.15) is 41.0 Å². The first-order chi connectivity index (χ1) is 16.8.